The van der Waals surface area contributed by atoms with Crippen molar-refractivity contribution >= 4 is 17.1 Å². The van der Waals surface area contributed by atoms with Crippen molar-refractivity contribution in [3.05, 3.63) is 47.8 Å². The predicted molar refractivity (Wildman–Crippen MR) is 72.5 cm³/mol. The maximum atomic E-state index is 11.3. The number of nitrogens with zero attached hydrogens (tertiary/aromatic N) is 4. The van der Waals surface area contributed by atoms with E-state index in [-0.39, 0.29) is 6.61 Å². The van der Waals surface area contributed by atoms with Crippen molar-refractivity contribution in [3.8, 4) is 5.75 Å². The van der Waals surface area contributed by atoms with Crippen LogP contribution in [0.1, 0.15) is 16.2 Å². The minimum absolute atomic E-state index is 0.174. The van der Waals surface area contributed by atoms with Crippen molar-refractivity contribution in [2.75, 3.05) is 0 Å². The number of ether oxygens (including phenoxy) is 1. The number of hydrogen-bond donors (Lipinski definition) is 0. The third kappa shape index (κ3) is 2.23. The summed E-state index contributed by atoms with van der Waals surface area (Å²) in [7, 11) is 1.68. The lowest BCUT2D eigenvalue weighted by Crippen LogP contribution is -2.01. The Bertz CT molecular complexity index is 767. The van der Waals surface area contributed by atoms with Crippen LogP contribution < -0.4 is 4.74 Å². The van der Waals surface area contributed by atoms with E-state index in [1.165, 1.54) is 4.80 Å². The zero-order valence-electron chi connectivity index (χ0n) is 10.9. The Kier molecular flexibility index (Phi) is 3.12. The SMILES string of the molecule is Cn1nnc(COc2ccc3ccccc3c2C=O)n1. The Balaban J connectivity index is 1.93. The number of benzene rings is 2. The second-order valence-corrected chi connectivity index (χ2v) is 4.30. The van der Waals surface area contributed by atoms with Gasteiger partial charge in [-0.1, -0.05) is 30.3 Å². The molecular weight excluding hydrogens is 256 g/mol. The first kappa shape index (κ1) is 12.3. The molecule has 3 aromatic rings. The van der Waals surface area contributed by atoms with Crippen LogP contribution >= 0.6 is 0 Å². The Labute approximate surface area is 115 Å². The normalized spacial score (nSPS) is 10.7. The molecule has 1 aromatic heterocycles. The van der Waals surface area contributed by atoms with Gasteiger partial charge in [0, 0.05) is 0 Å². The van der Waals surface area contributed by atoms with Crippen molar-refractivity contribution in [3.63, 3.8) is 0 Å². The predicted octanol–water partition coefficient (Wildman–Crippen LogP) is 1.75. The van der Waals surface area contributed by atoms with E-state index in [1.807, 2.05) is 30.3 Å². The lowest BCUT2D eigenvalue weighted by Gasteiger charge is -2.09. The van der Waals surface area contributed by atoms with E-state index in [0.717, 1.165) is 17.1 Å². The van der Waals surface area contributed by atoms with E-state index in [9.17, 15) is 4.79 Å². The first-order valence-corrected chi connectivity index (χ1v) is 6.10. The number of carbonyl (C=O) groups is 1. The molecule has 20 heavy (non-hydrogen) atoms. The van der Waals surface area contributed by atoms with Crippen LogP contribution in [0.5, 0.6) is 5.75 Å². The highest BCUT2D eigenvalue weighted by molar-refractivity contribution is 6.00. The molecule has 0 N–H and O–H groups in total. The summed E-state index contributed by atoms with van der Waals surface area (Å²) in [5.74, 6) is 0.990. The standard InChI is InChI=1S/C14H12N4O2/c1-18-16-14(15-17-18)9-20-13-7-6-10-4-2-3-5-11(10)12(13)8-19/h2-8H,9H2,1H3. The molecule has 0 bridgehead atoms. The summed E-state index contributed by atoms with van der Waals surface area (Å²) in [6, 6.07) is 11.4. The molecule has 0 radical (unpaired) electrons. The summed E-state index contributed by atoms with van der Waals surface area (Å²) in [6.45, 7) is 0.174. The molecular formula is C14H12N4O2. The molecule has 0 atom stereocenters. The molecule has 0 aliphatic carbocycles. The van der Waals surface area contributed by atoms with Crippen molar-refractivity contribution in [2.24, 2.45) is 7.05 Å². The first-order chi connectivity index (χ1) is 9.78. The Morgan fingerprint density at radius 1 is 1.25 bits per heavy atom. The highest BCUT2D eigenvalue weighted by Crippen LogP contribution is 2.26. The second kappa shape index (κ2) is 5.08. The number of aryl methyl sites for hydroxylation is 1. The number of aldehydes is 1. The van der Waals surface area contributed by atoms with Gasteiger partial charge in [-0.15, -0.1) is 10.2 Å². The maximum Gasteiger partial charge on any atom is 0.212 e. The molecule has 0 amide bonds. The molecule has 0 aliphatic heterocycles. The molecule has 1 heterocycles. The molecule has 2 aromatic carbocycles. The monoisotopic (exact) mass is 268 g/mol. The third-order valence-electron chi connectivity index (χ3n) is 2.96. The van der Waals surface area contributed by atoms with Gasteiger partial charge in [0.15, 0.2) is 12.9 Å². The van der Waals surface area contributed by atoms with Gasteiger partial charge in [-0.2, -0.15) is 4.80 Å². The number of carbonyl (C=O) groups excluding carboxylic acids is 1. The summed E-state index contributed by atoms with van der Waals surface area (Å²) in [6.07, 6.45) is 0.807. The Morgan fingerprint density at radius 3 is 2.85 bits per heavy atom. The van der Waals surface area contributed by atoms with Gasteiger partial charge in [-0.3, -0.25) is 4.79 Å². The molecule has 6 nitrogen and oxygen atoms in total. The van der Waals surface area contributed by atoms with E-state index >= 15 is 0 Å². The van der Waals surface area contributed by atoms with Crippen LogP contribution in [0, 0.1) is 0 Å². The van der Waals surface area contributed by atoms with Crippen LogP contribution in [0.2, 0.25) is 0 Å². The van der Waals surface area contributed by atoms with Gasteiger partial charge < -0.3 is 4.74 Å². The molecule has 0 aliphatic rings. The molecule has 0 saturated heterocycles. The van der Waals surface area contributed by atoms with Gasteiger partial charge in [0.2, 0.25) is 5.82 Å². The van der Waals surface area contributed by atoms with E-state index in [0.29, 0.717) is 17.1 Å². The van der Waals surface area contributed by atoms with Crippen LogP contribution in [0.15, 0.2) is 36.4 Å². The molecule has 0 fully saturated rings. The zero-order valence-corrected chi connectivity index (χ0v) is 10.9. The lowest BCUT2D eigenvalue weighted by molar-refractivity contribution is 0.112. The maximum absolute atomic E-state index is 11.3. The first-order valence-electron chi connectivity index (χ1n) is 6.10. The highest BCUT2D eigenvalue weighted by Gasteiger charge is 2.09. The van der Waals surface area contributed by atoms with Crippen molar-refractivity contribution in [1.29, 1.82) is 0 Å². The second-order valence-electron chi connectivity index (χ2n) is 4.30. The van der Waals surface area contributed by atoms with Gasteiger partial charge in [0.05, 0.1) is 12.6 Å². The number of tetrazole rings is 1. The van der Waals surface area contributed by atoms with Crippen LogP contribution in [0.25, 0.3) is 10.8 Å². The van der Waals surface area contributed by atoms with E-state index in [2.05, 4.69) is 15.4 Å². The number of rotatable bonds is 4. The fraction of sp³-hybridized carbons (Fsp3) is 0.143. The van der Waals surface area contributed by atoms with E-state index in [1.54, 1.807) is 13.1 Å². The topological polar surface area (TPSA) is 69.9 Å². The van der Waals surface area contributed by atoms with Gasteiger partial charge in [0.1, 0.15) is 5.75 Å². The molecule has 0 unspecified atom stereocenters. The Hall–Kier alpha value is -2.76. The van der Waals surface area contributed by atoms with Crippen LogP contribution in [0.3, 0.4) is 0 Å². The molecule has 3 rings (SSSR count). The fourth-order valence-electron chi connectivity index (χ4n) is 2.05. The lowest BCUT2D eigenvalue weighted by atomic mass is 10.0. The average Bonchev–Trinajstić information content (AvgIpc) is 2.90. The number of fused-ring (bicyclic) bond motifs is 1. The summed E-state index contributed by atoms with van der Waals surface area (Å²) >= 11 is 0. The zero-order chi connectivity index (χ0) is 13.9. The highest BCUT2D eigenvalue weighted by atomic mass is 16.5. The minimum atomic E-state index is 0.174. The molecule has 6 heteroatoms. The van der Waals surface area contributed by atoms with Gasteiger partial charge >= 0.3 is 0 Å². The van der Waals surface area contributed by atoms with Gasteiger partial charge in [-0.25, -0.2) is 0 Å². The van der Waals surface area contributed by atoms with Crippen molar-refractivity contribution in [2.45, 2.75) is 6.61 Å². The Morgan fingerprint density at radius 2 is 2.10 bits per heavy atom. The van der Waals surface area contributed by atoms with Gasteiger partial charge in [-0.05, 0) is 22.1 Å². The van der Waals surface area contributed by atoms with Crippen molar-refractivity contribution < 1.29 is 9.53 Å². The summed E-state index contributed by atoms with van der Waals surface area (Å²) in [5, 5.41) is 13.5. The van der Waals surface area contributed by atoms with Crippen molar-refractivity contribution in [1.82, 2.24) is 20.2 Å². The third-order valence-corrected chi connectivity index (χ3v) is 2.96. The number of aromatic nitrogens is 4. The average molecular weight is 268 g/mol. The van der Waals surface area contributed by atoms with E-state index < -0.39 is 0 Å². The molecule has 0 saturated carbocycles. The fourth-order valence-corrected chi connectivity index (χ4v) is 2.05. The smallest absolute Gasteiger partial charge is 0.212 e. The summed E-state index contributed by atoms with van der Waals surface area (Å²) in [5.41, 5.74) is 0.534. The van der Waals surface area contributed by atoms with Crippen LogP contribution in [-0.4, -0.2) is 26.5 Å². The largest absolute Gasteiger partial charge is 0.485 e. The van der Waals surface area contributed by atoms with Gasteiger partial charge in [0.25, 0.3) is 0 Å². The number of hydrogen-bond acceptors (Lipinski definition) is 5. The van der Waals surface area contributed by atoms with E-state index in [4.69, 9.17) is 4.74 Å². The molecule has 0 spiro atoms. The molecule has 100 valence electrons. The summed E-state index contributed by atoms with van der Waals surface area (Å²) < 4.78 is 5.63. The van der Waals surface area contributed by atoms with Crippen LogP contribution in [0.4, 0.5) is 0 Å². The van der Waals surface area contributed by atoms with Crippen LogP contribution in [-0.2, 0) is 13.7 Å². The minimum Gasteiger partial charge on any atom is -0.485 e. The summed E-state index contributed by atoms with van der Waals surface area (Å²) in [4.78, 5) is 12.7. The quantitative estimate of drug-likeness (QED) is 0.674.